The minimum Gasteiger partial charge on any atom is -2.00 e. The first-order valence-electron chi connectivity index (χ1n) is 0. The van der Waals surface area contributed by atoms with Crippen LogP contribution in [0.1, 0.15) is 0 Å². The molecule has 5 heteroatoms. The fraction of sp³-hybridized carbons (Fsp3) is 0. The Balaban J connectivity index is 0. The quantitative estimate of drug-likeness (QED) is 0.503. The third kappa shape index (κ3) is 19.9. The van der Waals surface area contributed by atoms with E-state index in [0.717, 1.165) is 0 Å². The number of hydrogen-bond acceptors (Lipinski definition) is 0. The summed E-state index contributed by atoms with van der Waals surface area (Å²) in [6.07, 6.45) is 0. The van der Waals surface area contributed by atoms with Gasteiger partial charge in [0, 0.05) is 0 Å². The van der Waals surface area contributed by atoms with E-state index in [-0.39, 0.29) is 100 Å². The Morgan fingerprint density at radius 3 is 0.600 bits per heavy atom. The topological polar surface area (TPSA) is 0 Å². The van der Waals surface area contributed by atoms with E-state index in [0.29, 0.717) is 0 Å². The fourth-order valence-electron chi connectivity index (χ4n) is 0. The molecule has 0 radical (unpaired) electrons. The van der Waals surface area contributed by atoms with Crippen LogP contribution in [0.15, 0.2) is 0 Å². The van der Waals surface area contributed by atoms with Crippen LogP contribution in [0.3, 0.4) is 0 Å². The molecule has 0 amide bonds. The van der Waals surface area contributed by atoms with E-state index in [1.807, 2.05) is 0 Å². The van der Waals surface area contributed by atoms with Gasteiger partial charge in [0.05, 0.1) is 0 Å². The number of rotatable bonds is 0. The maximum Gasteiger partial charge on any atom is 4.00 e. The number of hydrogen-bond donors (Lipinski definition) is 0. The summed E-state index contributed by atoms with van der Waals surface area (Å²) in [5.41, 5.74) is 0. The molecule has 0 spiro atoms. The maximum atomic E-state index is 0. The van der Waals surface area contributed by atoms with Crippen molar-refractivity contribution in [2.45, 2.75) is 0 Å². The molecule has 0 N–H and O–H groups in total. The largest absolute Gasteiger partial charge is 4.00 e. The van der Waals surface area contributed by atoms with Crippen molar-refractivity contribution < 1.29 is 0 Å². The van der Waals surface area contributed by atoms with Crippen LogP contribution in [0.25, 0.3) is 0 Å². The van der Waals surface area contributed by atoms with Crippen molar-refractivity contribution in [3.8, 4) is 0 Å². The molecule has 0 bridgehead atoms. The zero-order chi connectivity index (χ0) is 0. The van der Waals surface area contributed by atoms with Gasteiger partial charge in [0.2, 0.25) is 0 Å². The second-order valence-electron chi connectivity index (χ2n) is 0. The third-order valence-corrected chi connectivity index (χ3v) is 0. The summed E-state index contributed by atoms with van der Waals surface area (Å²) in [5, 5.41) is 0. The van der Waals surface area contributed by atoms with Crippen molar-refractivity contribution in [2.75, 3.05) is 0 Å². The SMILES string of the molecule is [Ba+2].[S-2].[S-2].[S-2].[Si+4]. The van der Waals surface area contributed by atoms with Crippen molar-refractivity contribution >= 4 is 100 Å². The zero-order valence-corrected chi connectivity index (χ0v) is 10.3. The predicted molar refractivity (Wildman–Crippen MR) is 33.6 cm³/mol. The Kier molecular flexibility index (Phi) is 263. The van der Waals surface area contributed by atoms with Crippen molar-refractivity contribution in [2.24, 2.45) is 0 Å². The van der Waals surface area contributed by atoms with Gasteiger partial charge in [-0.3, -0.25) is 0 Å². The summed E-state index contributed by atoms with van der Waals surface area (Å²) in [4.78, 5) is 0. The summed E-state index contributed by atoms with van der Waals surface area (Å²) in [6, 6.07) is 0. The molecule has 5 heavy (non-hydrogen) atoms. The molecule has 0 saturated heterocycles. The second kappa shape index (κ2) is 28.9. The van der Waals surface area contributed by atoms with Gasteiger partial charge in [0.25, 0.3) is 0 Å². The molecular formula is BaS3Si. The first-order valence-corrected chi connectivity index (χ1v) is 0. The van der Waals surface area contributed by atoms with Crippen LogP contribution in [-0.2, 0) is 40.5 Å². The van der Waals surface area contributed by atoms with Gasteiger partial charge >= 0.3 is 59.8 Å². The Morgan fingerprint density at radius 1 is 0.600 bits per heavy atom. The van der Waals surface area contributed by atoms with Gasteiger partial charge in [0.1, 0.15) is 0 Å². The molecule has 0 aromatic carbocycles. The van der Waals surface area contributed by atoms with E-state index in [4.69, 9.17) is 0 Å². The van der Waals surface area contributed by atoms with E-state index in [1.54, 1.807) is 0 Å². The van der Waals surface area contributed by atoms with Crippen LogP contribution in [-0.4, -0.2) is 59.8 Å². The molecule has 0 heterocycles. The molecule has 0 aromatic rings. The molecule has 0 unspecified atom stereocenters. The average Bonchev–Trinajstić information content (AvgIpc) is 0. The second-order valence-corrected chi connectivity index (χ2v) is 0. The van der Waals surface area contributed by atoms with E-state index in [1.165, 1.54) is 0 Å². The summed E-state index contributed by atoms with van der Waals surface area (Å²) < 4.78 is 0. The third-order valence-electron chi connectivity index (χ3n) is 0. The monoisotopic (exact) mass is 262 g/mol. The molecule has 0 aliphatic carbocycles. The Morgan fingerprint density at radius 2 is 0.600 bits per heavy atom. The summed E-state index contributed by atoms with van der Waals surface area (Å²) in [7, 11) is 0. The van der Waals surface area contributed by atoms with Crippen molar-refractivity contribution in [1.82, 2.24) is 0 Å². The molecule has 0 nitrogen and oxygen atoms in total. The smallest absolute Gasteiger partial charge is 2.00 e. The molecule has 0 aliphatic rings. The zero-order valence-electron chi connectivity index (χ0n) is 2.43. The van der Waals surface area contributed by atoms with E-state index >= 15 is 0 Å². The van der Waals surface area contributed by atoms with E-state index in [2.05, 4.69) is 0 Å². The van der Waals surface area contributed by atoms with Crippen molar-refractivity contribution in [1.29, 1.82) is 0 Å². The van der Waals surface area contributed by atoms with Gasteiger partial charge in [0.15, 0.2) is 0 Å². The molecular weight excluding hydrogens is 262 g/mol. The minimum absolute atomic E-state index is 0. The molecule has 0 aliphatic heterocycles. The first kappa shape index (κ1) is 45.5. The molecule has 0 rings (SSSR count). The Bertz CT molecular complexity index is 6.85. The van der Waals surface area contributed by atoms with E-state index in [9.17, 15) is 0 Å². The molecule has 0 aromatic heterocycles. The summed E-state index contributed by atoms with van der Waals surface area (Å²) >= 11 is 0. The van der Waals surface area contributed by atoms with Crippen LogP contribution >= 0.6 is 0 Å². The molecule has 0 saturated carbocycles. The minimum atomic E-state index is 0. The van der Waals surface area contributed by atoms with Gasteiger partial charge < -0.3 is 40.5 Å². The first-order chi connectivity index (χ1) is 0. The summed E-state index contributed by atoms with van der Waals surface area (Å²) in [6.45, 7) is 0. The summed E-state index contributed by atoms with van der Waals surface area (Å²) in [5.74, 6) is 0. The standard InChI is InChI=1S/Ba.3S.Si/q+2;3*-2;+4. The molecule has 24 valence electrons. The van der Waals surface area contributed by atoms with Crippen LogP contribution in [0.5, 0.6) is 0 Å². The van der Waals surface area contributed by atoms with Crippen LogP contribution in [0, 0.1) is 0 Å². The van der Waals surface area contributed by atoms with Gasteiger partial charge in [-0.25, -0.2) is 0 Å². The normalized spacial score (nSPS) is 0. The predicted octanol–water partition coefficient (Wildman–Crippen LogP) is -0.769. The maximum absolute atomic E-state index is 0. The molecule has 0 fully saturated rings. The van der Waals surface area contributed by atoms with Gasteiger partial charge in [-0.2, -0.15) is 0 Å². The Labute approximate surface area is 98.3 Å². The Hall–Kier alpha value is 2.84. The van der Waals surface area contributed by atoms with Crippen molar-refractivity contribution in [3.63, 3.8) is 0 Å². The van der Waals surface area contributed by atoms with Gasteiger partial charge in [-0.1, -0.05) is 0 Å². The van der Waals surface area contributed by atoms with Crippen molar-refractivity contribution in [3.05, 3.63) is 0 Å². The average molecular weight is 262 g/mol. The van der Waals surface area contributed by atoms with Crippen LogP contribution < -0.4 is 0 Å². The van der Waals surface area contributed by atoms with E-state index < -0.39 is 0 Å². The fourth-order valence-corrected chi connectivity index (χ4v) is 0. The van der Waals surface area contributed by atoms with Gasteiger partial charge in [-0.05, 0) is 0 Å². The van der Waals surface area contributed by atoms with Crippen LogP contribution in [0.2, 0.25) is 0 Å². The van der Waals surface area contributed by atoms with Gasteiger partial charge in [-0.15, -0.1) is 0 Å². The molecule has 0 atom stereocenters. The van der Waals surface area contributed by atoms with Crippen LogP contribution in [0.4, 0.5) is 0 Å².